The largest absolute Gasteiger partial charge is 1.00 e. The number of nitrogens with zero attached hydrogens (tertiary/aromatic N) is 2. The van der Waals surface area contributed by atoms with E-state index in [2.05, 4.69) is 22.0 Å². The van der Waals surface area contributed by atoms with Crippen LogP contribution in [0.1, 0.15) is 16.1 Å². The molecule has 2 aromatic heterocycles. The van der Waals surface area contributed by atoms with Crippen molar-refractivity contribution in [1.29, 1.82) is 0 Å². The van der Waals surface area contributed by atoms with Gasteiger partial charge in [0.15, 0.2) is 12.2 Å². The molecule has 0 aliphatic heterocycles. The first-order valence-electron chi connectivity index (χ1n) is 5.38. The second-order valence-corrected chi connectivity index (χ2v) is 5.15. The van der Waals surface area contributed by atoms with Crippen molar-refractivity contribution in [3.05, 3.63) is 45.1 Å². The molecule has 3 nitrogen and oxygen atoms in total. The molecular formula is C12H14Cl2N2OS. The van der Waals surface area contributed by atoms with Crippen LogP contribution >= 0.6 is 22.9 Å². The van der Waals surface area contributed by atoms with Crippen LogP contribution in [0.25, 0.3) is 0 Å². The summed E-state index contributed by atoms with van der Waals surface area (Å²) in [6.07, 6.45) is 2.51. The van der Waals surface area contributed by atoms with E-state index in [0.717, 1.165) is 18.5 Å². The van der Waals surface area contributed by atoms with Crippen molar-refractivity contribution in [3.63, 3.8) is 0 Å². The highest BCUT2D eigenvalue weighted by Gasteiger charge is 2.15. The first-order valence-corrected chi connectivity index (χ1v) is 6.64. The third kappa shape index (κ3) is 3.65. The van der Waals surface area contributed by atoms with Gasteiger partial charge in [0.2, 0.25) is 5.51 Å². The van der Waals surface area contributed by atoms with E-state index >= 15 is 0 Å². The summed E-state index contributed by atoms with van der Waals surface area (Å²) in [7, 11) is 0. The van der Waals surface area contributed by atoms with Crippen molar-refractivity contribution >= 4 is 22.9 Å². The van der Waals surface area contributed by atoms with E-state index in [0.29, 0.717) is 5.15 Å². The number of rotatable bonds is 4. The number of hydrogen-bond acceptors (Lipinski definition) is 3. The number of aliphatic hydroxyl groups excluding tert-OH is 1. The van der Waals surface area contributed by atoms with E-state index in [9.17, 15) is 0 Å². The summed E-state index contributed by atoms with van der Waals surface area (Å²) in [6.45, 7) is 3.06. The van der Waals surface area contributed by atoms with Gasteiger partial charge >= 0.3 is 0 Å². The summed E-state index contributed by atoms with van der Waals surface area (Å²) in [5, 5.41) is 9.46. The Kier molecular flexibility index (Phi) is 6.02. The van der Waals surface area contributed by atoms with Crippen molar-refractivity contribution in [2.24, 2.45) is 0 Å². The number of pyridine rings is 1. The predicted molar refractivity (Wildman–Crippen MR) is 68.4 cm³/mol. The average Bonchev–Trinajstić information content (AvgIpc) is 2.65. The zero-order chi connectivity index (χ0) is 12.3. The minimum atomic E-state index is 0. The fourth-order valence-corrected chi connectivity index (χ4v) is 2.74. The first kappa shape index (κ1) is 15.4. The van der Waals surface area contributed by atoms with E-state index in [4.69, 9.17) is 16.7 Å². The minimum Gasteiger partial charge on any atom is -1.00 e. The van der Waals surface area contributed by atoms with Crippen LogP contribution in [0.5, 0.6) is 0 Å². The zero-order valence-corrected chi connectivity index (χ0v) is 12.3. The van der Waals surface area contributed by atoms with Crippen LogP contribution in [0.3, 0.4) is 0 Å². The molecule has 0 unspecified atom stereocenters. The quantitative estimate of drug-likeness (QED) is 0.580. The highest BCUT2D eigenvalue weighted by atomic mass is 35.5. The first-order chi connectivity index (χ1) is 8.20. The Labute approximate surface area is 121 Å². The number of halogens is 2. The maximum absolute atomic E-state index is 8.95. The molecule has 18 heavy (non-hydrogen) atoms. The maximum Gasteiger partial charge on any atom is 0.225 e. The molecule has 2 rings (SSSR count). The summed E-state index contributed by atoms with van der Waals surface area (Å²) >= 11 is 7.43. The molecule has 0 spiro atoms. The monoisotopic (exact) mass is 304 g/mol. The second kappa shape index (κ2) is 7.04. The van der Waals surface area contributed by atoms with E-state index in [1.54, 1.807) is 23.6 Å². The predicted octanol–water partition coefficient (Wildman–Crippen LogP) is -1.02. The molecule has 0 amide bonds. The molecule has 2 heterocycles. The van der Waals surface area contributed by atoms with Gasteiger partial charge in [0.1, 0.15) is 5.15 Å². The molecule has 0 bridgehead atoms. The van der Waals surface area contributed by atoms with Crippen molar-refractivity contribution in [2.75, 3.05) is 6.61 Å². The van der Waals surface area contributed by atoms with Crippen LogP contribution < -0.4 is 17.0 Å². The summed E-state index contributed by atoms with van der Waals surface area (Å²) in [5.41, 5.74) is 4.41. The summed E-state index contributed by atoms with van der Waals surface area (Å²) in [4.78, 5) is 5.29. The van der Waals surface area contributed by atoms with E-state index < -0.39 is 0 Å². The van der Waals surface area contributed by atoms with E-state index in [1.807, 2.05) is 6.07 Å². The number of thiazole rings is 1. The fourth-order valence-electron chi connectivity index (χ4n) is 1.65. The minimum absolute atomic E-state index is 0. The highest BCUT2D eigenvalue weighted by Crippen LogP contribution is 2.12. The maximum atomic E-state index is 8.95. The van der Waals surface area contributed by atoms with Crippen LogP contribution in [0, 0.1) is 6.92 Å². The third-order valence-electron chi connectivity index (χ3n) is 2.64. The smallest absolute Gasteiger partial charge is 0.225 e. The summed E-state index contributed by atoms with van der Waals surface area (Å²) in [6, 6.07) is 3.78. The van der Waals surface area contributed by atoms with Gasteiger partial charge in [-0.15, -0.1) is 0 Å². The molecule has 1 N–H and O–H groups in total. The van der Waals surface area contributed by atoms with Crippen molar-refractivity contribution in [3.8, 4) is 0 Å². The molecule has 98 valence electrons. The van der Waals surface area contributed by atoms with Gasteiger partial charge in [0, 0.05) is 31.7 Å². The Hall–Kier alpha value is -0.680. The summed E-state index contributed by atoms with van der Waals surface area (Å²) < 4.78 is 2.17. The van der Waals surface area contributed by atoms with Gasteiger partial charge in [0.05, 0.1) is 4.88 Å². The van der Waals surface area contributed by atoms with E-state index in [1.165, 1.54) is 10.6 Å². The Morgan fingerprint density at radius 2 is 2.22 bits per heavy atom. The van der Waals surface area contributed by atoms with E-state index in [-0.39, 0.29) is 19.0 Å². The van der Waals surface area contributed by atoms with Crippen LogP contribution in [0.15, 0.2) is 23.8 Å². The van der Waals surface area contributed by atoms with Gasteiger partial charge in [-0.3, -0.25) is 0 Å². The Bertz CT molecular complexity index is 499. The lowest BCUT2D eigenvalue weighted by atomic mass is 10.2. The van der Waals surface area contributed by atoms with Gasteiger partial charge in [-0.2, -0.15) is 4.57 Å². The van der Waals surface area contributed by atoms with Gasteiger partial charge in [-0.05, 0) is 12.1 Å². The standard InChI is InChI=1S/C12H14ClN2OS.ClH/c1-9-11(4-5-16)17-8-15(9)7-10-2-3-12(13)14-6-10;/h2-3,6,8,16H,4-5,7H2,1H3;1H/q+1;/p-1. The number of hydrogen-bond donors (Lipinski definition) is 1. The number of aliphatic hydroxyl groups is 1. The van der Waals surface area contributed by atoms with Crippen molar-refractivity contribution in [1.82, 2.24) is 4.98 Å². The van der Waals surface area contributed by atoms with Gasteiger partial charge < -0.3 is 17.5 Å². The lowest BCUT2D eigenvalue weighted by molar-refractivity contribution is -0.689. The molecule has 0 aliphatic carbocycles. The molecule has 6 heteroatoms. The fraction of sp³-hybridized carbons (Fsp3) is 0.333. The Balaban J connectivity index is 0.00000162. The van der Waals surface area contributed by atoms with Gasteiger partial charge in [0.25, 0.3) is 0 Å². The molecule has 0 saturated heterocycles. The second-order valence-electron chi connectivity index (χ2n) is 3.82. The lowest BCUT2D eigenvalue weighted by Crippen LogP contribution is -3.00. The topological polar surface area (TPSA) is 37.0 Å². The van der Waals surface area contributed by atoms with Crippen LogP contribution in [0.2, 0.25) is 5.15 Å². The highest BCUT2D eigenvalue weighted by molar-refractivity contribution is 7.09. The lowest BCUT2D eigenvalue weighted by Gasteiger charge is -1.97. The van der Waals surface area contributed by atoms with Crippen LogP contribution in [-0.4, -0.2) is 16.7 Å². The van der Waals surface area contributed by atoms with Crippen molar-refractivity contribution in [2.45, 2.75) is 19.9 Å². The normalized spacial score (nSPS) is 10.2. The SMILES string of the molecule is Cc1c(CCO)sc[n+]1Cc1ccc(Cl)nc1.[Cl-]. The molecule has 0 radical (unpaired) electrons. The van der Waals surface area contributed by atoms with Crippen LogP contribution in [0.4, 0.5) is 0 Å². The van der Waals surface area contributed by atoms with Gasteiger partial charge in [-0.25, -0.2) is 4.98 Å². The molecule has 0 aromatic carbocycles. The molecule has 0 fully saturated rings. The van der Waals surface area contributed by atoms with Gasteiger partial charge in [-0.1, -0.05) is 22.9 Å². The third-order valence-corrected chi connectivity index (χ3v) is 4.00. The zero-order valence-electron chi connectivity index (χ0n) is 9.94. The number of aromatic nitrogens is 2. The molecule has 0 aliphatic rings. The van der Waals surface area contributed by atoms with Crippen LogP contribution in [-0.2, 0) is 13.0 Å². The Morgan fingerprint density at radius 1 is 1.44 bits per heavy atom. The molecular weight excluding hydrogens is 291 g/mol. The molecule has 0 saturated carbocycles. The summed E-state index contributed by atoms with van der Waals surface area (Å²) in [5.74, 6) is 0. The van der Waals surface area contributed by atoms with Crippen molar-refractivity contribution < 1.29 is 22.1 Å². The molecule has 0 atom stereocenters. The average molecular weight is 305 g/mol. The molecule has 2 aromatic rings. The Morgan fingerprint density at radius 3 is 2.83 bits per heavy atom.